The molecule has 5 heteroatoms. The van der Waals surface area contributed by atoms with Gasteiger partial charge in [-0.15, -0.1) is 0 Å². The smallest absolute Gasteiger partial charge is 0.259 e. The number of rotatable bonds is 2. The molecule has 0 aromatic heterocycles. The Morgan fingerprint density at radius 1 is 1.25 bits per heavy atom. The molecule has 2 N–H and O–H groups in total. The van der Waals surface area contributed by atoms with E-state index in [1.54, 1.807) is 12.1 Å². The first-order valence-electron chi connectivity index (χ1n) is 4.63. The number of ether oxygens (including phenoxy) is 2. The summed E-state index contributed by atoms with van der Waals surface area (Å²) >= 11 is 0. The predicted molar refractivity (Wildman–Crippen MR) is 58.8 cm³/mol. The van der Waals surface area contributed by atoms with Crippen LogP contribution in [0.5, 0.6) is 11.5 Å². The summed E-state index contributed by atoms with van der Waals surface area (Å²) in [5.41, 5.74) is 1.42. The van der Waals surface area contributed by atoms with E-state index in [4.69, 9.17) is 14.6 Å². The van der Waals surface area contributed by atoms with Crippen LogP contribution >= 0.6 is 0 Å². The quantitative estimate of drug-likeness (QED) is 0.587. The second-order valence-electron chi connectivity index (χ2n) is 3.25. The highest BCUT2D eigenvalue weighted by atomic mass is 16.5. The number of anilines is 1. The number of nitrogens with one attached hydrogen (secondary N) is 1. The zero-order valence-electron chi connectivity index (χ0n) is 8.90. The fraction of sp³-hybridized carbons (Fsp3) is 0.182. The molecule has 84 valence electrons. The summed E-state index contributed by atoms with van der Waals surface area (Å²) in [5.74, 6) is 0.700. The summed E-state index contributed by atoms with van der Waals surface area (Å²) in [5, 5.41) is 11.6. The van der Waals surface area contributed by atoms with E-state index in [1.165, 1.54) is 14.2 Å². The minimum absolute atomic E-state index is 0.218. The highest BCUT2D eigenvalue weighted by molar-refractivity contribution is 6.31. The fourth-order valence-electron chi connectivity index (χ4n) is 1.65. The van der Waals surface area contributed by atoms with E-state index in [2.05, 4.69) is 5.32 Å². The number of amides is 1. The number of methoxy groups -OCH3 is 2. The van der Waals surface area contributed by atoms with Gasteiger partial charge in [0.25, 0.3) is 5.91 Å². The Hall–Kier alpha value is -2.17. The SMILES string of the molecule is COc1cc2c(cc1OC)C(=CO)C(=O)N2. The van der Waals surface area contributed by atoms with Gasteiger partial charge < -0.3 is 19.9 Å². The van der Waals surface area contributed by atoms with Crippen LogP contribution in [0.15, 0.2) is 18.4 Å². The van der Waals surface area contributed by atoms with Gasteiger partial charge >= 0.3 is 0 Å². The Balaban J connectivity index is 2.60. The van der Waals surface area contributed by atoms with E-state index in [0.29, 0.717) is 22.7 Å². The molecule has 1 aliphatic rings. The standard InChI is InChI=1S/C11H11NO4/c1-15-9-3-6-7(5-13)11(14)12-8(6)4-10(9)16-2/h3-5,13H,1-2H3,(H,12,14). The van der Waals surface area contributed by atoms with Crippen LogP contribution in [-0.4, -0.2) is 25.2 Å². The highest BCUT2D eigenvalue weighted by Gasteiger charge is 2.26. The maximum absolute atomic E-state index is 11.4. The maximum atomic E-state index is 11.4. The van der Waals surface area contributed by atoms with Crippen molar-refractivity contribution in [2.45, 2.75) is 0 Å². The van der Waals surface area contributed by atoms with Gasteiger partial charge in [0.15, 0.2) is 11.5 Å². The molecule has 1 heterocycles. The summed E-state index contributed by atoms with van der Waals surface area (Å²) in [4.78, 5) is 11.4. The van der Waals surface area contributed by atoms with Crippen LogP contribution in [0, 0.1) is 0 Å². The van der Waals surface area contributed by atoms with Crippen molar-refractivity contribution in [3.63, 3.8) is 0 Å². The molecule has 0 radical (unpaired) electrons. The lowest BCUT2D eigenvalue weighted by molar-refractivity contribution is -0.110. The van der Waals surface area contributed by atoms with Crippen molar-refractivity contribution in [2.24, 2.45) is 0 Å². The largest absolute Gasteiger partial charge is 0.515 e. The van der Waals surface area contributed by atoms with Gasteiger partial charge in [-0.2, -0.15) is 0 Å². The Bertz CT molecular complexity index is 479. The van der Waals surface area contributed by atoms with Crippen LogP contribution in [0.4, 0.5) is 5.69 Å². The molecule has 0 atom stereocenters. The number of hydrogen-bond donors (Lipinski definition) is 2. The van der Waals surface area contributed by atoms with Crippen molar-refractivity contribution < 1.29 is 19.4 Å². The van der Waals surface area contributed by atoms with Crippen molar-refractivity contribution in [3.8, 4) is 11.5 Å². The molecule has 0 spiro atoms. The Morgan fingerprint density at radius 3 is 2.44 bits per heavy atom. The summed E-state index contributed by atoms with van der Waals surface area (Å²) < 4.78 is 10.2. The number of aliphatic hydroxyl groups excluding tert-OH is 1. The van der Waals surface area contributed by atoms with Gasteiger partial charge in [-0.1, -0.05) is 0 Å². The van der Waals surface area contributed by atoms with Gasteiger partial charge in [-0.05, 0) is 6.07 Å². The third-order valence-corrected chi connectivity index (χ3v) is 2.44. The van der Waals surface area contributed by atoms with Crippen LogP contribution in [0.3, 0.4) is 0 Å². The van der Waals surface area contributed by atoms with Crippen LogP contribution in [0.25, 0.3) is 5.57 Å². The average molecular weight is 221 g/mol. The molecule has 0 saturated heterocycles. The van der Waals surface area contributed by atoms with Crippen molar-refractivity contribution >= 4 is 17.2 Å². The summed E-state index contributed by atoms with van der Waals surface area (Å²) in [7, 11) is 3.03. The van der Waals surface area contributed by atoms with Crippen LogP contribution in [-0.2, 0) is 4.79 Å². The predicted octanol–water partition coefficient (Wildman–Crippen LogP) is 1.55. The molecular formula is C11H11NO4. The number of aliphatic hydroxyl groups is 1. The molecule has 16 heavy (non-hydrogen) atoms. The molecular weight excluding hydrogens is 210 g/mol. The lowest BCUT2D eigenvalue weighted by atomic mass is 10.1. The Labute approximate surface area is 92.3 Å². The first kappa shape index (κ1) is 10.4. The first-order chi connectivity index (χ1) is 7.71. The normalized spacial score (nSPS) is 15.9. The second-order valence-corrected chi connectivity index (χ2v) is 3.25. The molecule has 1 aromatic rings. The lowest BCUT2D eigenvalue weighted by Crippen LogP contribution is -2.03. The van der Waals surface area contributed by atoms with E-state index in [-0.39, 0.29) is 11.5 Å². The van der Waals surface area contributed by atoms with E-state index >= 15 is 0 Å². The molecule has 0 fully saturated rings. The summed E-state index contributed by atoms with van der Waals surface area (Å²) in [6.45, 7) is 0. The zero-order chi connectivity index (χ0) is 11.7. The molecule has 0 saturated carbocycles. The van der Waals surface area contributed by atoms with E-state index in [9.17, 15) is 4.79 Å². The Kier molecular flexibility index (Phi) is 2.44. The second kappa shape index (κ2) is 3.77. The first-order valence-corrected chi connectivity index (χ1v) is 4.63. The molecule has 2 rings (SSSR count). The molecule has 1 aromatic carbocycles. The molecule has 0 aliphatic carbocycles. The number of carbonyl (C=O) groups excluding carboxylic acids is 1. The third-order valence-electron chi connectivity index (χ3n) is 2.44. The minimum atomic E-state index is -0.340. The topological polar surface area (TPSA) is 67.8 Å². The van der Waals surface area contributed by atoms with E-state index in [0.717, 1.165) is 6.26 Å². The lowest BCUT2D eigenvalue weighted by Gasteiger charge is -2.09. The number of fused-ring (bicyclic) bond motifs is 1. The van der Waals surface area contributed by atoms with E-state index < -0.39 is 0 Å². The monoisotopic (exact) mass is 221 g/mol. The van der Waals surface area contributed by atoms with Crippen molar-refractivity contribution in [1.29, 1.82) is 0 Å². The average Bonchev–Trinajstić information content (AvgIpc) is 2.61. The minimum Gasteiger partial charge on any atom is -0.515 e. The Morgan fingerprint density at radius 2 is 1.88 bits per heavy atom. The van der Waals surface area contributed by atoms with Crippen LogP contribution in [0.2, 0.25) is 0 Å². The van der Waals surface area contributed by atoms with Crippen molar-refractivity contribution in [1.82, 2.24) is 0 Å². The molecule has 1 amide bonds. The van der Waals surface area contributed by atoms with Crippen LogP contribution in [0.1, 0.15) is 5.56 Å². The van der Waals surface area contributed by atoms with Crippen molar-refractivity contribution in [2.75, 3.05) is 19.5 Å². The maximum Gasteiger partial charge on any atom is 0.259 e. The number of benzene rings is 1. The summed E-state index contributed by atoms with van der Waals surface area (Å²) in [6.07, 6.45) is 0.785. The summed E-state index contributed by atoms with van der Waals surface area (Å²) in [6, 6.07) is 3.30. The van der Waals surface area contributed by atoms with Gasteiger partial charge in [-0.3, -0.25) is 4.79 Å². The highest BCUT2D eigenvalue weighted by Crippen LogP contribution is 2.40. The molecule has 1 aliphatic heterocycles. The van der Waals surface area contributed by atoms with Gasteiger partial charge in [-0.25, -0.2) is 0 Å². The van der Waals surface area contributed by atoms with Gasteiger partial charge in [0.2, 0.25) is 0 Å². The molecule has 0 bridgehead atoms. The fourth-order valence-corrected chi connectivity index (χ4v) is 1.65. The molecule has 5 nitrogen and oxygen atoms in total. The van der Waals surface area contributed by atoms with E-state index in [1.807, 2.05) is 0 Å². The van der Waals surface area contributed by atoms with Gasteiger partial charge in [0.05, 0.1) is 31.7 Å². The van der Waals surface area contributed by atoms with Crippen molar-refractivity contribution in [3.05, 3.63) is 24.0 Å². The zero-order valence-corrected chi connectivity index (χ0v) is 8.90. The van der Waals surface area contributed by atoms with Gasteiger partial charge in [0.1, 0.15) is 0 Å². The molecule has 0 unspecified atom stereocenters. The van der Waals surface area contributed by atoms with Crippen LogP contribution < -0.4 is 14.8 Å². The van der Waals surface area contributed by atoms with Gasteiger partial charge in [0, 0.05) is 11.6 Å². The number of carbonyl (C=O) groups is 1. The number of hydrogen-bond acceptors (Lipinski definition) is 4. The third kappa shape index (κ3) is 1.37.